The maximum Gasteiger partial charge on any atom is 0.229 e. The number of benzene rings is 2. The normalized spacial score (nSPS) is 20.3. The van der Waals surface area contributed by atoms with Gasteiger partial charge in [0.2, 0.25) is 11.8 Å². The van der Waals surface area contributed by atoms with E-state index in [2.05, 4.69) is 19.2 Å². The van der Waals surface area contributed by atoms with Crippen LogP contribution in [-0.4, -0.2) is 23.8 Å². The number of nitrogens with zero attached hydrogens (tertiary/aromatic N) is 1. The Morgan fingerprint density at radius 1 is 1.08 bits per heavy atom. The number of rotatable bonds is 4. The van der Waals surface area contributed by atoms with E-state index in [1.54, 1.807) is 11.9 Å². The zero-order chi connectivity index (χ0) is 18.7. The third kappa shape index (κ3) is 3.79. The fourth-order valence-corrected chi connectivity index (χ4v) is 3.61. The lowest BCUT2D eigenvalue weighted by Crippen LogP contribution is -2.44. The molecule has 2 atom stereocenters. The molecule has 4 heteroatoms. The fraction of sp³-hybridized carbons (Fsp3) is 0.364. The number of amides is 2. The molecule has 1 fully saturated rings. The molecule has 0 radical (unpaired) electrons. The number of piperidine rings is 1. The van der Waals surface area contributed by atoms with Gasteiger partial charge in [-0.15, -0.1) is 0 Å². The third-order valence-corrected chi connectivity index (χ3v) is 5.18. The molecule has 2 unspecified atom stereocenters. The van der Waals surface area contributed by atoms with Crippen molar-refractivity contribution in [3.05, 3.63) is 65.7 Å². The molecule has 0 aliphatic carbocycles. The van der Waals surface area contributed by atoms with Gasteiger partial charge in [-0.1, -0.05) is 56.3 Å². The monoisotopic (exact) mass is 350 g/mol. The lowest BCUT2D eigenvalue weighted by molar-refractivity contribution is -0.140. The summed E-state index contributed by atoms with van der Waals surface area (Å²) < 4.78 is 0. The average molecular weight is 350 g/mol. The molecule has 0 bridgehead atoms. The van der Waals surface area contributed by atoms with Crippen molar-refractivity contribution in [2.75, 3.05) is 12.4 Å². The van der Waals surface area contributed by atoms with E-state index in [1.807, 2.05) is 54.6 Å². The second-order valence-corrected chi connectivity index (χ2v) is 7.27. The largest absolute Gasteiger partial charge is 0.338 e. The van der Waals surface area contributed by atoms with Crippen LogP contribution < -0.4 is 5.32 Å². The quantitative estimate of drug-likeness (QED) is 0.891. The standard InChI is InChI=1S/C22H26N2O2/c1-15(2)16-9-11-18(12-10-16)23-22(26)19-13-14-20(25)24(3)21(19)17-7-5-4-6-8-17/h4-12,15,19,21H,13-14H2,1-3H3,(H,23,26). The number of hydrogen-bond acceptors (Lipinski definition) is 2. The molecule has 26 heavy (non-hydrogen) atoms. The Labute approximate surface area is 155 Å². The summed E-state index contributed by atoms with van der Waals surface area (Å²) in [6.45, 7) is 4.29. The molecular weight excluding hydrogens is 324 g/mol. The van der Waals surface area contributed by atoms with Gasteiger partial charge in [0, 0.05) is 19.2 Å². The van der Waals surface area contributed by atoms with Crippen LogP contribution in [0.25, 0.3) is 0 Å². The highest BCUT2D eigenvalue weighted by molar-refractivity contribution is 5.94. The third-order valence-electron chi connectivity index (χ3n) is 5.18. The van der Waals surface area contributed by atoms with Crippen molar-refractivity contribution in [2.45, 2.75) is 38.6 Å². The maximum atomic E-state index is 13.0. The first-order valence-corrected chi connectivity index (χ1v) is 9.19. The second-order valence-electron chi connectivity index (χ2n) is 7.27. The number of carbonyl (C=O) groups is 2. The van der Waals surface area contributed by atoms with Gasteiger partial charge >= 0.3 is 0 Å². The summed E-state index contributed by atoms with van der Waals surface area (Å²) in [5.74, 6) is 0.254. The summed E-state index contributed by atoms with van der Waals surface area (Å²) in [5, 5.41) is 3.04. The fourth-order valence-electron chi connectivity index (χ4n) is 3.61. The van der Waals surface area contributed by atoms with Crippen molar-refractivity contribution < 1.29 is 9.59 Å². The number of hydrogen-bond donors (Lipinski definition) is 1. The lowest BCUT2D eigenvalue weighted by atomic mass is 9.84. The minimum atomic E-state index is -0.259. The molecule has 2 amide bonds. The van der Waals surface area contributed by atoms with E-state index in [0.717, 1.165) is 11.3 Å². The Bertz CT molecular complexity index is 768. The molecule has 136 valence electrons. The van der Waals surface area contributed by atoms with Gasteiger partial charge in [-0.25, -0.2) is 0 Å². The van der Waals surface area contributed by atoms with Crippen molar-refractivity contribution in [2.24, 2.45) is 5.92 Å². The molecule has 1 N–H and O–H groups in total. The van der Waals surface area contributed by atoms with E-state index in [-0.39, 0.29) is 23.8 Å². The van der Waals surface area contributed by atoms with Crippen LogP contribution in [0.1, 0.15) is 49.8 Å². The number of anilines is 1. The summed E-state index contributed by atoms with van der Waals surface area (Å²) in [4.78, 5) is 26.9. The van der Waals surface area contributed by atoms with Crippen LogP contribution in [0.2, 0.25) is 0 Å². The zero-order valence-corrected chi connectivity index (χ0v) is 15.6. The van der Waals surface area contributed by atoms with E-state index in [4.69, 9.17) is 0 Å². The van der Waals surface area contributed by atoms with Crippen LogP contribution in [-0.2, 0) is 9.59 Å². The van der Waals surface area contributed by atoms with E-state index < -0.39 is 0 Å². The Morgan fingerprint density at radius 3 is 2.35 bits per heavy atom. The molecule has 0 saturated carbocycles. The molecule has 1 aliphatic rings. The summed E-state index contributed by atoms with van der Waals surface area (Å²) >= 11 is 0. The van der Waals surface area contributed by atoms with E-state index in [1.165, 1.54) is 5.56 Å². The Hall–Kier alpha value is -2.62. The molecule has 0 aromatic heterocycles. The van der Waals surface area contributed by atoms with Crippen LogP contribution in [0, 0.1) is 5.92 Å². The summed E-state index contributed by atoms with van der Waals surface area (Å²) in [6.07, 6.45) is 0.975. The number of nitrogens with one attached hydrogen (secondary N) is 1. The summed E-state index contributed by atoms with van der Waals surface area (Å²) in [7, 11) is 1.79. The van der Waals surface area contributed by atoms with Gasteiger partial charge < -0.3 is 10.2 Å². The van der Waals surface area contributed by atoms with Gasteiger partial charge in [-0.05, 0) is 35.6 Å². The molecule has 1 aliphatic heterocycles. The van der Waals surface area contributed by atoms with E-state index in [0.29, 0.717) is 18.8 Å². The predicted octanol–water partition coefficient (Wildman–Crippen LogP) is 4.36. The van der Waals surface area contributed by atoms with Gasteiger partial charge in [0.15, 0.2) is 0 Å². The molecule has 0 spiro atoms. The first-order valence-electron chi connectivity index (χ1n) is 9.19. The van der Waals surface area contributed by atoms with Crippen LogP contribution in [0.5, 0.6) is 0 Å². The Balaban J connectivity index is 1.80. The van der Waals surface area contributed by atoms with Crippen LogP contribution in [0.3, 0.4) is 0 Å². The SMILES string of the molecule is CC(C)c1ccc(NC(=O)C2CCC(=O)N(C)C2c2ccccc2)cc1. The molecule has 2 aromatic rings. The van der Waals surface area contributed by atoms with Gasteiger partial charge in [-0.2, -0.15) is 0 Å². The van der Waals surface area contributed by atoms with Crippen molar-refractivity contribution in [3.8, 4) is 0 Å². The minimum absolute atomic E-state index is 0.0319. The summed E-state index contributed by atoms with van der Waals surface area (Å²) in [5.41, 5.74) is 3.04. The highest BCUT2D eigenvalue weighted by atomic mass is 16.2. The van der Waals surface area contributed by atoms with Crippen LogP contribution >= 0.6 is 0 Å². The van der Waals surface area contributed by atoms with Gasteiger partial charge in [0.1, 0.15) is 0 Å². The maximum absolute atomic E-state index is 13.0. The van der Waals surface area contributed by atoms with Crippen molar-refractivity contribution in [1.29, 1.82) is 0 Å². The van der Waals surface area contributed by atoms with Crippen molar-refractivity contribution in [3.63, 3.8) is 0 Å². The molecule has 4 nitrogen and oxygen atoms in total. The van der Waals surface area contributed by atoms with Crippen LogP contribution in [0.15, 0.2) is 54.6 Å². The van der Waals surface area contributed by atoms with E-state index >= 15 is 0 Å². The predicted molar refractivity (Wildman–Crippen MR) is 104 cm³/mol. The molecule has 1 saturated heterocycles. The molecule has 3 rings (SSSR count). The first-order chi connectivity index (χ1) is 12.5. The Morgan fingerprint density at radius 2 is 1.73 bits per heavy atom. The smallest absolute Gasteiger partial charge is 0.229 e. The topological polar surface area (TPSA) is 49.4 Å². The van der Waals surface area contributed by atoms with Gasteiger partial charge in [-0.3, -0.25) is 9.59 Å². The zero-order valence-electron chi connectivity index (χ0n) is 15.6. The van der Waals surface area contributed by atoms with Crippen molar-refractivity contribution in [1.82, 2.24) is 4.90 Å². The second kappa shape index (κ2) is 7.73. The number of likely N-dealkylation sites (tertiary alicyclic amines) is 1. The highest BCUT2D eigenvalue weighted by Crippen LogP contribution is 2.36. The highest BCUT2D eigenvalue weighted by Gasteiger charge is 2.38. The molecule has 2 aromatic carbocycles. The summed E-state index contributed by atoms with van der Waals surface area (Å²) in [6, 6.07) is 17.6. The van der Waals surface area contributed by atoms with Crippen LogP contribution in [0.4, 0.5) is 5.69 Å². The van der Waals surface area contributed by atoms with Gasteiger partial charge in [0.25, 0.3) is 0 Å². The Kier molecular flexibility index (Phi) is 5.40. The average Bonchev–Trinajstić information content (AvgIpc) is 2.65. The van der Waals surface area contributed by atoms with E-state index in [9.17, 15) is 9.59 Å². The minimum Gasteiger partial charge on any atom is -0.338 e. The number of carbonyl (C=O) groups excluding carboxylic acids is 2. The van der Waals surface area contributed by atoms with Crippen molar-refractivity contribution >= 4 is 17.5 Å². The first kappa shape index (κ1) is 18.2. The molecule has 1 heterocycles. The molecular formula is C22H26N2O2. The lowest BCUT2D eigenvalue weighted by Gasteiger charge is -2.38. The van der Waals surface area contributed by atoms with Gasteiger partial charge in [0.05, 0.1) is 12.0 Å².